The zero-order chi connectivity index (χ0) is 16.0. The topological polar surface area (TPSA) is 67.6 Å². The molecule has 0 aliphatic carbocycles. The number of nitrogens with two attached hydrogens (primary N) is 1. The fraction of sp³-hybridized carbons (Fsp3) is 0.278. The SMILES string of the molecule is COc1ccc([C@H]2NC(=O)c3cccc4c3N2CC[C@@H]4N)cc1. The van der Waals surface area contributed by atoms with Crippen molar-refractivity contribution in [1.29, 1.82) is 0 Å². The average Bonchev–Trinajstić information content (AvgIpc) is 2.60. The van der Waals surface area contributed by atoms with Crippen molar-refractivity contribution >= 4 is 11.6 Å². The van der Waals surface area contributed by atoms with E-state index >= 15 is 0 Å². The highest BCUT2D eigenvalue weighted by atomic mass is 16.5. The van der Waals surface area contributed by atoms with E-state index in [2.05, 4.69) is 10.2 Å². The summed E-state index contributed by atoms with van der Waals surface area (Å²) < 4.78 is 5.21. The molecule has 0 unspecified atom stereocenters. The third-order valence-electron chi connectivity index (χ3n) is 4.69. The first-order chi connectivity index (χ1) is 11.2. The molecule has 118 valence electrons. The quantitative estimate of drug-likeness (QED) is 0.893. The molecular formula is C18H19N3O2. The number of nitrogens with one attached hydrogen (secondary N) is 1. The number of amides is 1. The monoisotopic (exact) mass is 309 g/mol. The van der Waals surface area contributed by atoms with Gasteiger partial charge in [-0.3, -0.25) is 4.79 Å². The summed E-state index contributed by atoms with van der Waals surface area (Å²) in [5, 5.41) is 3.11. The Hall–Kier alpha value is -2.53. The number of carbonyl (C=O) groups excluding carboxylic acids is 1. The summed E-state index contributed by atoms with van der Waals surface area (Å²) in [7, 11) is 1.64. The summed E-state index contributed by atoms with van der Waals surface area (Å²) in [6, 6.07) is 13.6. The molecule has 4 rings (SSSR count). The van der Waals surface area contributed by atoms with Gasteiger partial charge in [-0.1, -0.05) is 24.3 Å². The summed E-state index contributed by atoms with van der Waals surface area (Å²) in [5.74, 6) is 0.755. The minimum atomic E-state index is -0.172. The van der Waals surface area contributed by atoms with E-state index in [0.29, 0.717) is 5.56 Å². The molecule has 0 fully saturated rings. The van der Waals surface area contributed by atoms with Gasteiger partial charge in [0, 0.05) is 12.6 Å². The first-order valence-corrected chi connectivity index (χ1v) is 7.79. The van der Waals surface area contributed by atoms with Gasteiger partial charge in [0.05, 0.1) is 18.4 Å². The van der Waals surface area contributed by atoms with Crippen molar-refractivity contribution in [3.63, 3.8) is 0 Å². The number of para-hydroxylation sites is 1. The van der Waals surface area contributed by atoms with Crippen LogP contribution in [0.1, 0.15) is 40.1 Å². The number of rotatable bonds is 2. The third kappa shape index (κ3) is 2.16. The molecule has 2 atom stereocenters. The predicted molar refractivity (Wildman–Crippen MR) is 88.5 cm³/mol. The third-order valence-corrected chi connectivity index (χ3v) is 4.69. The maximum atomic E-state index is 12.5. The lowest BCUT2D eigenvalue weighted by atomic mass is 9.90. The average molecular weight is 309 g/mol. The van der Waals surface area contributed by atoms with E-state index in [0.717, 1.165) is 35.5 Å². The van der Waals surface area contributed by atoms with Crippen LogP contribution in [0.25, 0.3) is 0 Å². The Morgan fingerprint density at radius 2 is 2.00 bits per heavy atom. The molecule has 2 aromatic carbocycles. The van der Waals surface area contributed by atoms with Crippen LogP contribution in [0.15, 0.2) is 42.5 Å². The van der Waals surface area contributed by atoms with E-state index in [4.69, 9.17) is 10.5 Å². The molecule has 2 aromatic rings. The number of carbonyl (C=O) groups is 1. The van der Waals surface area contributed by atoms with E-state index < -0.39 is 0 Å². The van der Waals surface area contributed by atoms with Gasteiger partial charge in [0.15, 0.2) is 0 Å². The number of hydrogen-bond acceptors (Lipinski definition) is 4. The molecule has 23 heavy (non-hydrogen) atoms. The molecule has 0 bridgehead atoms. The lowest BCUT2D eigenvalue weighted by molar-refractivity contribution is 0.0925. The van der Waals surface area contributed by atoms with E-state index in [1.165, 1.54) is 0 Å². The van der Waals surface area contributed by atoms with Gasteiger partial charge in [0.2, 0.25) is 0 Å². The van der Waals surface area contributed by atoms with Crippen molar-refractivity contribution < 1.29 is 9.53 Å². The van der Waals surface area contributed by atoms with Gasteiger partial charge in [-0.05, 0) is 35.7 Å². The maximum Gasteiger partial charge on any atom is 0.255 e. The van der Waals surface area contributed by atoms with Gasteiger partial charge in [-0.15, -0.1) is 0 Å². The van der Waals surface area contributed by atoms with Crippen LogP contribution in [0.3, 0.4) is 0 Å². The van der Waals surface area contributed by atoms with E-state index in [1.54, 1.807) is 7.11 Å². The van der Waals surface area contributed by atoms with Crippen LogP contribution in [-0.2, 0) is 0 Å². The van der Waals surface area contributed by atoms with Crippen LogP contribution < -0.4 is 20.7 Å². The highest BCUT2D eigenvalue weighted by Gasteiger charge is 2.36. The van der Waals surface area contributed by atoms with Gasteiger partial charge in [0.1, 0.15) is 11.9 Å². The standard InChI is InChI=1S/C18H19N3O2/c1-23-12-7-5-11(6-8-12)17-20-18(22)14-4-2-3-13-15(19)9-10-21(17)16(13)14/h2-8,15,17H,9-10,19H2,1H3,(H,20,22)/t15-,17-/m0/s1. The van der Waals surface area contributed by atoms with Crippen molar-refractivity contribution in [3.8, 4) is 5.75 Å². The maximum absolute atomic E-state index is 12.5. The van der Waals surface area contributed by atoms with Crippen LogP contribution >= 0.6 is 0 Å². The molecular weight excluding hydrogens is 290 g/mol. The number of hydrogen-bond donors (Lipinski definition) is 2. The van der Waals surface area contributed by atoms with Crippen molar-refractivity contribution in [2.45, 2.75) is 18.6 Å². The molecule has 3 N–H and O–H groups in total. The fourth-order valence-electron chi connectivity index (χ4n) is 3.50. The summed E-state index contributed by atoms with van der Waals surface area (Å²) in [6.07, 6.45) is 0.702. The Morgan fingerprint density at radius 1 is 1.22 bits per heavy atom. The summed E-state index contributed by atoms with van der Waals surface area (Å²) >= 11 is 0. The molecule has 0 aromatic heterocycles. The van der Waals surface area contributed by atoms with Crippen LogP contribution in [0, 0.1) is 0 Å². The molecule has 5 nitrogen and oxygen atoms in total. The molecule has 1 amide bonds. The Bertz CT molecular complexity index is 757. The normalized spacial score (nSPS) is 22.3. The molecule has 2 heterocycles. The highest BCUT2D eigenvalue weighted by molar-refractivity contribution is 6.03. The van der Waals surface area contributed by atoms with E-state index in [1.807, 2.05) is 42.5 Å². The Labute approximate surface area is 135 Å². The second kappa shape index (κ2) is 5.28. The molecule has 2 aliphatic rings. The number of benzene rings is 2. The molecule has 0 spiro atoms. The highest BCUT2D eigenvalue weighted by Crippen LogP contribution is 2.42. The van der Waals surface area contributed by atoms with Gasteiger partial charge in [-0.25, -0.2) is 0 Å². The lowest BCUT2D eigenvalue weighted by Crippen LogP contribution is -2.49. The smallest absolute Gasteiger partial charge is 0.255 e. The van der Waals surface area contributed by atoms with Gasteiger partial charge in [-0.2, -0.15) is 0 Å². The van der Waals surface area contributed by atoms with Gasteiger partial charge in [0.25, 0.3) is 5.91 Å². The van der Waals surface area contributed by atoms with E-state index in [9.17, 15) is 4.79 Å². The molecule has 5 heteroatoms. The van der Waals surface area contributed by atoms with E-state index in [-0.39, 0.29) is 18.1 Å². The van der Waals surface area contributed by atoms with Gasteiger partial charge < -0.3 is 20.7 Å². The number of nitrogens with zero attached hydrogens (tertiary/aromatic N) is 1. The molecule has 0 radical (unpaired) electrons. The van der Waals surface area contributed by atoms with Crippen molar-refractivity contribution in [3.05, 3.63) is 59.2 Å². The van der Waals surface area contributed by atoms with Crippen LogP contribution in [0.5, 0.6) is 5.75 Å². The number of methoxy groups -OCH3 is 1. The van der Waals surface area contributed by atoms with Crippen molar-refractivity contribution in [2.75, 3.05) is 18.6 Å². The second-order valence-corrected chi connectivity index (χ2v) is 5.98. The minimum absolute atomic E-state index is 0.0105. The van der Waals surface area contributed by atoms with Crippen molar-refractivity contribution in [2.24, 2.45) is 5.73 Å². The van der Waals surface area contributed by atoms with Crippen LogP contribution in [0.4, 0.5) is 5.69 Å². The Balaban J connectivity index is 1.80. The molecule has 2 aliphatic heterocycles. The summed E-state index contributed by atoms with van der Waals surface area (Å²) in [5.41, 5.74) is 10.0. The second-order valence-electron chi connectivity index (χ2n) is 5.98. The lowest BCUT2D eigenvalue weighted by Gasteiger charge is -2.44. The Kier molecular flexibility index (Phi) is 3.23. The summed E-state index contributed by atoms with van der Waals surface area (Å²) in [6.45, 7) is 0.822. The first-order valence-electron chi connectivity index (χ1n) is 7.79. The van der Waals surface area contributed by atoms with Crippen molar-refractivity contribution in [1.82, 2.24) is 5.32 Å². The number of ether oxygens (including phenoxy) is 1. The van der Waals surface area contributed by atoms with Crippen LogP contribution in [-0.4, -0.2) is 19.6 Å². The van der Waals surface area contributed by atoms with Crippen LogP contribution in [0.2, 0.25) is 0 Å². The fourth-order valence-corrected chi connectivity index (χ4v) is 3.50. The summed E-state index contributed by atoms with van der Waals surface area (Å²) in [4.78, 5) is 14.8. The minimum Gasteiger partial charge on any atom is -0.497 e. The molecule has 0 saturated carbocycles. The zero-order valence-electron chi connectivity index (χ0n) is 13.0. The molecule has 0 saturated heterocycles. The number of anilines is 1. The first kappa shape index (κ1) is 14.1. The predicted octanol–water partition coefficient (Wildman–Crippen LogP) is 2.35. The largest absolute Gasteiger partial charge is 0.497 e. The Morgan fingerprint density at radius 3 is 2.74 bits per heavy atom. The van der Waals surface area contributed by atoms with Gasteiger partial charge >= 0.3 is 0 Å². The zero-order valence-corrected chi connectivity index (χ0v) is 13.0.